The first-order valence-corrected chi connectivity index (χ1v) is 14.8. The van der Waals surface area contributed by atoms with Crippen LogP contribution in [0.3, 0.4) is 0 Å². The Balaban J connectivity index is 1.20. The van der Waals surface area contributed by atoms with Gasteiger partial charge in [-0.3, -0.25) is 4.79 Å². The number of aliphatic imine (C=N–C) groups is 1. The molecule has 7 rings (SSSR count). The standard InChI is InChI=1S/C32H41F2N5O/c1-19-17-39(12-10-35-19)31(37-29-15-23-14-27(20(29)2)32(23,3)4)36-25-7-8-26-22(13-25)18-38(30(26)40)11-9-21-5-6-24(33)16-28(21)34/h5-8,13,16,19-20,23,27,29,35H,9-12,14-15,17-18H2,1-4H3,(H,36,37)/t19-,20+,23-,27-,29-/m0/s1. The zero-order chi connectivity index (χ0) is 28.2. The van der Waals surface area contributed by atoms with Crippen LogP contribution in [0.15, 0.2) is 41.4 Å². The summed E-state index contributed by atoms with van der Waals surface area (Å²) in [7, 11) is 0. The molecule has 40 heavy (non-hydrogen) atoms. The van der Waals surface area contributed by atoms with Gasteiger partial charge in [0.2, 0.25) is 0 Å². The molecule has 6 nitrogen and oxygen atoms in total. The van der Waals surface area contributed by atoms with Crippen LogP contribution in [-0.2, 0) is 13.0 Å². The van der Waals surface area contributed by atoms with Gasteiger partial charge in [-0.2, -0.15) is 0 Å². The highest BCUT2D eigenvalue weighted by molar-refractivity contribution is 5.99. The molecule has 8 heteroatoms. The van der Waals surface area contributed by atoms with Gasteiger partial charge in [-0.05, 0) is 84.7 Å². The van der Waals surface area contributed by atoms with Gasteiger partial charge >= 0.3 is 0 Å². The fourth-order valence-corrected chi connectivity index (χ4v) is 7.54. The number of rotatable bonds is 5. The summed E-state index contributed by atoms with van der Waals surface area (Å²) in [6.45, 7) is 13.0. The number of halogens is 2. The summed E-state index contributed by atoms with van der Waals surface area (Å²) >= 11 is 0. The number of fused-ring (bicyclic) bond motifs is 3. The van der Waals surface area contributed by atoms with E-state index in [4.69, 9.17) is 4.99 Å². The lowest BCUT2D eigenvalue weighted by atomic mass is 9.45. The molecular formula is C32H41F2N5O. The summed E-state index contributed by atoms with van der Waals surface area (Å²) < 4.78 is 27.4. The van der Waals surface area contributed by atoms with Crippen LogP contribution in [0.25, 0.3) is 0 Å². The van der Waals surface area contributed by atoms with Gasteiger partial charge in [0, 0.05) is 56.4 Å². The van der Waals surface area contributed by atoms with Crippen molar-refractivity contribution in [1.82, 2.24) is 20.4 Å². The Morgan fingerprint density at radius 3 is 2.70 bits per heavy atom. The van der Waals surface area contributed by atoms with Crippen LogP contribution in [0.2, 0.25) is 0 Å². The molecule has 0 aromatic heterocycles. The van der Waals surface area contributed by atoms with Crippen LogP contribution >= 0.6 is 0 Å². The molecule has 3 aliphatic carbocycles. The smallest absolute Gasteiger partial charge is 0.254 e. The van der Waals surface area contributed by atoms with Crippen LogP contribution in [0.1, 0.15) is 62.0 Å². The second kappa shape index (κ2) is 10.4. The quantitative estimate of drug-likeness (QED) is 0.402. The second-order valence-corrected chi connectivity index (χ2v) is 13.0. The van der Waals surface area contributed by atoms with Crippen molar-refractivity contribution in [2.45, 2.75) is 65.6 Å². The van der Waals surface area contributed by atoms with Crippen molar-refractivity contribution in [2.24, 2.45) is 28.2 Å². The zero-order valence-corrected chi connectivity index (χ0v) is 24.0. The molecule has 214 valence electrons. The predicted octanol–water partition coefficient (Wildman–Crippen LogP) is 5.10. The highest BCUT2D eigenvalue weighted by Gasteiger charge is 2.56. The molecule has 2 aromatic carbocycles. The van der Waals surface area contributed by atoms with E-state index in [0.29, 0.717) is 54.1 Å². The number of hydrogen-bond donors (Lipinski definition) is 2. The summed E-state index contributed by atoms with van der Waals surface area (Å²) in [5, 5.41) is 7.42. The van der Waals surface area contributed by atoms with Crippen molar-refractivity contribution in [3.8, 4) is 0 Å². The van der Waals surface area contributed by atoms with E-state index in [0.717, 1.165) is 54.7 Å². The van der Waals surface area contributed by atoms with Crippen molar-refractivity contribution < 1.29 is 13.6 Å². The van der Waals surface area contributed by atoms with E-state index in [-0.39, 0.29) is 5.91 Å². The first kappa shape index (κ1) is 27.2. The first-order valence-electron chi connectivity index (χ1n) is 14.8. The van der Waals surface area contributed by atoms with Crippen molar-refractivity contribution in [3.63, 3.8) is 0 Å². The van der Waals surface area contributed by atoms with Gasteiger partial charge in [0.1, 0.15) is 11.6 Å². The molecule has 5 aliphatic rings. The molecule has 4 fully saturated rings. The normalized spacial score (nSPS) is 29.3. The van der Waals surface area contributed by atoms with E-state index in [1.165, 1.54) is 25.0 Å². The Bertz CT molecular complexity index is 1330. The van der Waals surface area contributed by atoms with Gasteiger partial charge in [-0.15, -0.1) is 0 Å². The maximum atomic E-state index is 14.1. The number of piperazine rings is 1. The Labute approximate surface area is 236 Å². The number of carbonyl (C=O) groups excluding carboxylic acids is 1. The van der Waals surface area contributed by atoms with E-state index in [1.54, 1.807) is 4.90 Å². The number of benzene rings is 2. The van der Waals surface area contributed by atoms with E-state index in [1.807, 2.05) is 18.2 Å². The van der Waals surface area contributed by atoms with E-state index < -0.39 is 11.6 Å². The number of nitrogens with one attached hydrogen (secondary N) is 2. The van der Waals surface area contributed by atoms with Gasteiger partial charge in [0.25, 0.3) is 5.91 Å². The Morgan fingerprint density at radius 1 is 1.15 bits per heavy atom. The summed E-state index contributed by atoms with van der Waals surface area (Å²) in [5.74, 6) is 1.79. The van der Waals surface area contributed by atoms with Gasteiger partial charge in [0.15, 0.2) is 5.96 Å². The molecule has 1 amide bonds. The molecule has 0 radical (unpaired) electrons. The minimum Gasteiger partial charge on any atom is -0.353 e. The third kappa shape index (κ3) is 5.00. The summed E-state index contributed by atoms with van der Waals surface area (Å²) in [6.07, 6.45) is 2.85. The third-order valence-electron chi connectivity index (χ3n) is 10.2. The molecule has 2 aliphatic heterocycles. The van der Waals surface area contributed by atoms with Crippen molar-refractivity contribution >= 4 is 17.6 Å². The maximum Gasteiger partial charge on any atom is 0.254 e. The highest BCUT2D eigenvalue weighted by Crippen LogP contribution is 2.61. The number of guanidine groups is 1. The van der Waals surface area contributed by atoms with Crippen molar-refractivity contribution in [1.29, 1.82) is 0 Å². The molecule has 1 saturated heterocycles. The van der Waals surface area contributed by atoms with Gasteiger partial charge in [-0.25, -0.2) is 13.8 Å². The average molecular weight is 550 g/mol. The lowest BCUT2D eigenvalue weighted by Crippen LogP contribution is -2.63. The van der Waals surface area contributed by atoms with Crippen LogP contribution in [0.5, 0.6) is 0 Å². The fraction of sp³-hybridized carbons (Fsp3) is 0.562. The summed E-state index contributed by atoms with van der Waals surface area (Å²) in [5.41, 5.74) is 3.29. The first-order chi connectivity index (χ1) is 19.1. The number of nitrogens with zero attached hydrogens (tertiary/aromatic N) is 3. The largest absolute Gasteiger partial charge is 0.353 e. The van der Waals surface area contributed by atoms with Crippen molar-refractivity contribution in [2.75, 3.05) is 26.2 Å². The van der Waals surface area contributed by atoms with Crippen LogP contribution in [0, 0.1) is 34.8 Å². The minimum atomic E-state index is -0.596. The molecule has 2 aromatic rings. The maximum absolute atomic E-state index is 14.1. The molecule has 2 heterocycles. The topological polar surface area (TPSA) is 60.0 Å². The Morgan fingerprint density at radius 2 is 1.98 bits per heavy atom. The molecular weight excluding hydrogens is 508 g/mol. The zero-order valence-electron chi connectivity index (χ0n) is 24.0. The van der Waals surface area contributed by atoms with Gasteiger partial charge in [0.05, 0.1) is 5.69 Å². The minimum absolute atomic E-state index is 0.0554. The van der Waals surface area contributed by atoms with Gasteiger partial charge in [-0.1, -0.05) is 26.8 Å². The molecule has 2 N–H and O–H groups in total. The lowest BCUT2D eigenvalue weighted by molar-refractivity contribution is -0.112. The average Bonchev–Trinajstić information content (AvgIpc) is 3.23. The van der Waals surface area contributed by atoms with E-state index in [2.05, 4.69) is 43.2 Å². The number of amides is 1. The Hall–Kier alpha value is -3.00. The lowest BCUT2D eigenvalue weighted by Gasteiger charge is -2.62. The van der Waals surface area contributed by atoms with Crippen LogP contribution < -0.4 is 10.6 Å². The molecule has 5 atom stereocenters. The molecule has 0 unspecified atom stereocenters. The molecule has 0 spiro atoms. The fourth-order valence-electron chi connectivity index (χ4n) is 7.54. The summed E-state index contributed by atoms with van der Waals surface area (Å²) in [6, 6.07) is 10.2. The molecule has 2 bridgehead atoms. The third-order valence-corrected chi connectivity index (χ3v) is 10.2. The van der Waals surface area contributed by atoms with Crippen LogP contribution in [-0.4, -0.2) is 59.9 Å². The summed E-state index contributed by atoms with van der Waals surface area (Å²) in [4.78, 5) is 22.3. The van der Waals surface area contributed by atoms with E-state index >= 15 is 0 Å². The number of carbonyl (C=O) groups is 1. The second-order valence-electron chi connectivity index (χ2n) is 13.0. The number of hydrogen-bond acceptors (Lipinski definition) is 3. The Kier molecular flexibility index (Phi) is 7.09. The van der Waals surface area contributed by atoms with E-state index in [9.17, 15) is 13.6 Å². The monoisotopic (exact) mass is 549 g/mol. The van der Waals surface area contributed by atoms with Gasteiger partial charge < -0.3 is 20.4 Å². The highest BCUT2D eigenvalue weighted by atomic mass is 19.1. The SMILES string of the molecule is C[C@H]1[C@@H](NC(=Nc2ccc3c(c2)CN(CCc2ccc(F)cc2F)C3=O)N2CCN[C@@H](C)C2)C[C@@H]2C[C@@H]1C2(C)C. The predicted molar refractivity (Wildman–Crippen MR) is 153 cm³/mol. The van der Waals surface area contributed by atoms with Crippen LogP contribution in [0.4, 0.5) is 14.5 Å². The molecule has 3 saturated carbocycles. The van der Waals surface area contributed by atoms with Crippen molar-refractivity contribution in [3.05, 3.63) is 64.7 Å².